The number of ketones is 1. The third kappa shape index (κ3) is 2.82. The molecule has 20 heavy (non-hydrogen) atoms. The second-order valence-corrected chi connectivity index (χ2v) is 5.13. The zero-order valence-electron chi connectivity index (χ0n) is 11.1. The SMILES string of the molecule is O=C(c1ccccc1)c1ccc(OCC2CC2)cc1O. The first-order chi connectivity index (χ1) is 9.74. The molecule has 0 amide bonds. The monoisotopic (exact) mass is 268 g/mol. The average Bonchev–Trinajstić information content (AvgIpc) is 3.30. The van der Waals surface area contributed by atoms with Crippen molar-refractivity contribution in [2.24, 2.45) is 5.92 Å². The van der Waals surface area contributed by atoms with Gasteiger partial charge in [-0.05, 0) is 30.9 Å². The molecule has 3 heteroatoms. The average molecular weight is 268 g/mol. The van der Waals surface area contributed by atoms with Gasteiger partial charge in [0.1, 0.15) is 11.5 Å². The Labute approximate surface area is 117 Å². The van der Waals surface area contributed by atoms with Gasteiger partial charge in [0.15, 0.2) is 5.78 Å². The minimum Gasteiger partial charge on any atom is -0.507 e. The Morgan fingerprint density at radius 2 is 1.90 bits per heavy atom. The van der Waals surface area contributed by atoms with Crippen LogP contribution in [-0.4, -0.2) is 17.5 Å². The van der Waals surface area contributed by atoms with Gasteiger partial charge in [-0.1, -0.05) is 30.3 Å². The van der Waals surface area contributed by atoms with E-state index < -0.39 is 0 Å². The van der Waals surface area contributed by atoms with Crippen LogP contribution in [0.1, 0.15) is 28.8 Å². The molecule has 1 aliphatic rings. The van der Waals surface area contributed by atoms with Crippen molar-refractivity contribution in [2.45, 2.75) is 12.8 Å². The number of hydrogen-bond acceptors (Lipinski definition) is 3. The molecule has 0 saturated heterocycles. The number of benzene rings is 2. The fourth-order valence-corrected chi connectivity index (χ4v) is 2.04. The summed E-state index contributed by atoms with van der Waals surface area (Å²) in [6.07, 6.45) is 2.44. The van der Waals surface area contributed by atoms with E-state index in [9.17, 15) is 9.90 Å². The van der Waals surface area contributed by atoms with Crippen LogP contribution >= 0.6 is 0 Å². The number of hydrogen-bond donors (Lipinski definition) is 1. The van der Waals surface area contributed by atoms with Crippen molar-refractivity contribution in [3.8, 4) is 11.5 Å². The molecule has 0 aromatic heterocycles. The van der Waals surface area contributed by atoms with Gasteiger partial charge in [-0.15, -0.1) is 0 Å². The van der Waals surface area contributed by atoms with E-state index in [2.05, 4.69) is 0 Å². The van der Waals surface area contributed by atoms with Gasteiger partial charge in [0.05, 0.1) is 12.2 Å². The van der Waals surface area contributed by atoms with E-state index >= 15 is 0 Å². The van der Waals surface area contributed by atoms with Crippen LogP contribution in [0.25, 0.3) is 0 Å². The van der Waals surface area contributed by atoms with Gasteiger partial charge in [0.25, 0.3) is 0 Å². The molecule has 0 unspecified atom stereocenters. The van der Waals surface area contributed by atoms with Crippen LogP contribution in [0.4, 0.5) is 0 Å². The molecular weight excluding hydrogens is 252 g/mol. The highest BCUT2D eigenvalue weighted by Gasteiger charge is 2.22. The third-order valence-corrected chi connectivity index (χ3v) is 3.43. The fraction of sp³-hybridized carbons (Fsp3) is 0.235. The summed E-state index contributed by atoms with van der Waals surface area (Å²) in [5, 5.41) is 10.0. The van der Waals surface area contributed by atoms with Gasteiger partial charge in [0, 0.05) is 11.6 Å². The number of phenols is 1. The number of phenolic OH excluding ortho intramolecular Hbond substituents is 1. The second-order valence-electron chi connectivity index (χ2n) is 5.13. The summed E-state index contributed by atoms with van der Waals surface area (Å²) in [6, 6.07) is 13.8. The molecule has 1 fully saturated rings. The Kier molecular flexibility index (Phi) is 3.42. The first-order valence-corrected chi connectivity index (χ1v) is 6.79. The zero-order valence-corrected chi connectivity index (χ0v) is 11.1. The summed E-state index contributed by atoms with van der Waals surface area (Å²) in [4.78, 5) is 12.3. The number of aromatic hydroxyl groups is 1. The van der Waals surface area contributed by atoms with E-state index in [0.29, 0.717) is 29.4 Å². The minimum absolute atomic E-state index is 0.0350. The number of rotatable bonds is 5. The summed E-state index contributed by atoms with van der Waals surface area (Å²) in [7, 11) is 0. The molecule has 0 heterocycles. The highest BCUT2D eigenvalue weighted by atomic mass is 16.5. The lowest BCUT2D eigenvalue weighted by Gasteiger charge is -2.08. The lowest BCUT2D eigenvalue weighted by Crippen LogP contribution is -2.03. The van der Waals surface area contributed by atoms with Crippen molar-refractivity contribution in [1.82, 2.24) is 0 Å². The highest BCUT2D eigenvalue weighted by molar-refractivity contribution is 6.10. The molecule has 102 valence electrons. The Bertz CT molecular complexity index is 615. The molecule has 3 rings (SSSR count). The Morgan fingerprint density at radius 3 is 2.55 bits per heavy atom. The standard InChI is InChI=1S/C17H16O3/c18-16-10-14(20-11-12-6-7-12)8-9-15(16)17(19)13-4-2-1-3-5-13/h1-5,8-10,12,18H,6-7,11H2. The molecule has 0 spiro atoms. The van der Waals surface area contributed by atoms with E-state index in [1.807, 2.05) is 6.07 Å². The maximum absolute atomic E-state index is 12.3. The van der Waals surface area contributed by atoms with Crippen molar-refractivity contribution in [1.29, 1.82) is 0 Å². The number of carbonyl (C=O) groups excluding carboxylic acids is 1. The Balaban J connectivity index is 1.77. The number of carbonyl (C=O) groups is 1. The van der Waals surface area contributed by atoms with Crippen LogP contribution in [0, 0.1) is 5.92 Å². The molecular formula is C17H16O3. The van der Waals surface area contributed by atoms with Crippen molar-refractivity contribution >= 4 is 5.78 Å². The van der Waals surface area contributed by atoms with Gasteiger partial charge in [-0.2, -0.15) is 0 Å². The maximum atomic E-state index is 12.3. The van der Waals surface area contributed by atoms with Crippen molar-refractivity contribution < 1.29 is 14.6 Å². The largest absolute Gasteiger partial charge is 0.507 e. The Hall–Kier alpha value is -2.29. The summed E-state index contributed by atoms with van der Waals surface area (Å²) in [6.45, 7) is 0.686. The smallest absolute Gasteiger partial charge is 0.196 e. The van der Waals surface area contributed by atoms with E-state index in [1.165, 1.54) is 18.9 Å². The molecule has 0 aliphatic heterocycles. The lowest BCUT2D eigenvalue weighted by atomic mass is 10.0. The van der Waals surface area contributed by atoms with Crippen LogP contribution in [0.3, 0.4) is 0 Å². The fourth-order valence-electron chi connectivity index (χ4n) is 2.04. The van der Waals surface area contributed by atoms with E-state index in [1.54, 1.807) is 36.4 Å². The quantitative estimate of drug-likeness (QED) is 0.845. The first kappa shape index (κ1) is 12.7. The normalized spacial score (nSPS) is 14.0. The van der Waals surface area contributed by atoms with E-state index in [0.717, 1.165) is 0 Å². The molecule has 0 atom stereocenters. The van der Waals surface area contributed by atoms with Crippen LogP contribution in [-0.2, 0) is 0 Å². The van der Waals surface area contributed by atoms with Gasteiger partial charge in [-0.3, -0.25) is 4.79 Å². The topological polar surface area (TPSA) is 46.5 Å². The summed E-state index contributed by atoms with van der Waals surface area (Å²) >= 11 is 0. The van der Waals surface area contributed by atoms with Gasteiger partial charge >= 0.3 is 0 Å². The number of ether oxygens (including phenoxy) is 1. The molecule has 0 radical (unpaired) electrons. The molecule has 0 bridgehead atoms. The zero-order chi connectivity index (χ0) is 13.9. The van der Waals surface area contributed by atoms with Gasteiger partial charge < -0.3 is 9.84 Å². The van der Waals surface area contributed by atoms with Crippen LogP contribution in [0.2, 0.25) is 0 Å². The molecule has 3 nitrogen and oxygen atoms in total. The molecule has 2 aromatic carbocycles. The molecule has 2 aromatic rings. The van der Waals surface area contributed by atoms with Crippen LogP contribution < -0.4 is 4.74 Å². The van der Waals surface area contributed by atoms with Crippen LogP contribution in [0.15, 0.2) is 48.5 Å². The summed E-state index contributed by atoms with van der Waals surface area (Å²) in [5.41, 5.74) is 0.865. The van der Waals surface area contributed by atoms with Crippen molar-refractivity contribution in [3.63, 3.8) is 0 Å². The predicted octanol–water partition coefficient (Wildman–Crippen LogP) is 3.41. The van der Waals surface area contributed by atoms with E-state index in [4.69, 9.17) is 4.74 Å². The minimum atomic E-state index is -0.183. The summed E-state index contributed by atoms with van der Waals surface area (Å²) < 4.78 is 5.58. The second kappa shape index (κ2) is 5.37. The Morgan fingerprint density at radius 1 is 1.15 bits per heavy atom. The van der Waals surface area contributed by atoms with Gasteiger partial charge in [0.2, 0.25) is 0 Å². The van der Waals surface area contributed by atoms with Crippen LogP contribution in [0.5, 0.6) is 11.5 Å². The third-order valence-electron chi connectivity index (χ3n) is 3.43. The molecule has 1 N–H and O–H groups in total. The first-order valence-electron chi connectivity index (χ1n) is 6.79. The van der Waals surface area contributed by atoms with Gasteiger partial charge in [-0.25, -0.2) is 0 Å². The lowest BCUT2D eigenvalue weighted by molar-refractivity contribution is 0.103. The van der Waals surface area contributed by atoms with E-state index in [-0.39, 0.29) is 11.5 Å². The summed E-state index contributed by atoms with van der Waals surface area (Å²) in [5.74, 6) is 1.05. The molecule has 1 saturated carbocycles. The molecule has 1 aliphatic carbocycles. The van der Waals surface area contributed by atoms with Crippen molar-refractivity contribution in [3.05, 3.63) is 59.7 Å². The maximum Gasteiger partial charge on any atom is 0.196 e. The highest BCUT2D eigenvalue weighted by Crippen LogP contribution is 2.31. The van der Waals surface area contributed by atoms with Crippen molar-refractivity contribution in [2.75, 3.05) is 6.61 Å². The predicted molar refractivity (Wildman–Crippen MR) is 76.2 cm³/mol.